The SMILES string of the molecule is CCCc1cc(=O)oc2cc(OC(=O)CNC(=O)OC(C)(C)C)ccc12. The summed E-state index contributed by atoms with van der Waals surface area (Å²) in [5.41, 5.74) is 0.144. The summed E-state index contributed by atoms with van der Waals surface area (Å²) in [7, 11) is 0. The summed E-state index contributed by atoms with van der Waals surface area (Å²) >= 11 is 0. The number of benzene rings is 1. The fourth-order valence-corrected chi connectivity index (χ4v) is 2.38. The molecule has 0 radical (unpaired) electrons. The van der Waals surface area contributed by atoms with E-state index in [9.17, 15) is 14.4 Å². The number of rotatable bonds is 5. The molecule has 0 saturated heterocycles. The van der Waals surface area contributed by atoms with E-state index in [1.807, 2.05) is 6.92 Å². The molecule has 1 heterocycles. The summed E-state index contributed by atoms with van der Waals surface area (Å²) in [6, 6.07) is 6.32. The summed E-state index contributed by atoms with van der Waals surface area (Å²) in [6.07, 6.45) is 0.940. The van der Waals surface area contributed by atoms with Crippen LogP contribution in [-0.2, 0) is 16.0 Å². The Hall–Kier alpha value is -2.83. The number of carbonyl (C=O) groups is 2. The van der Waals surface area contributed by atoms with Gasteiger partial charge < -0.3 is 19.2 Å². The van der Waals surface area contributed by atoms with Crippen LogP contribution in [0.2, 0.25) is 0 Å². The van der Waals surface area contributed by atoms with E-state index in [-0.39, 0.29) is 12.3 Å². The summed E-state index contributed by atoms with van der Waals surface area (Å²) in [5, 5.41) is 3.13. The van der Waals surface area contributed by atoms with Crippen molar-refractivity contribution in [2.24, 2.45) is 0 Å². The molecule has 0 aliphatic heterocycles. The Morgan fingerprint density at radius 3 is 2.58 bits per heavy atom. The number of esters is 1. The third-order valence-corrected chi connectivity index (χ3v) is 3.33. The van der Waals surface area contributed by atoms with E-state index in [0.29, 0.717) is 5.58 Å². The fraction of sp³-hybridized carbons (Fsp3) is 0.421. The van der Waals surface area contributed by atoms with Gasteiger partial charge >= 0.3 is 17.7 Å². The van der Waals surface area contributed by atoms with Crippen molar-refractivity contribution in [2.45, 2.75) is 46.1 Å². The van der Waals surface area contributed by atoms with Crippen molar-refractivity contribution in [3.63, 3.8) is 0 Å². The molecule has 7 heteroatoms. The van der Waals surface area contributed by atoms with Crippen molar-refractivity contribution in [2.75, 3.05) is 6.54 Å². The first-order valence-corrected chi connectivity index (χ1v) is 8.42. The van der Waals surface area contributed by atoms with E-state index in [1.165, 1.54) is 12.1 Å². The molecule has 1 aromatic heterocycles. The van der Waals surface area contributed by atoms with Crippen molar-refractivity contribution in [1.82, 2.24) is 5.32 Å². The van der Waals surface area contributed by atoms with Gasteiger partial charge in [-0.1, -0.05) is 13.3 Å². The Bertz CT molecular complexity index is 862. The minimum absolute atomic E-state index is 0.227. The van der Waals surface area contributed by atoms with Gasteiger partial charge in [-0.25, -0.2) is 14.4 Å². The quantitative estimate of drug-likeness (QED) is 0.499. The molecular weight excluding hydrogens is 338 g/mol. The maximum Gasteiger partial charge on any atom is 0.408 e. The van der Waals surface area contributed by atoms with E-state index < -0.39 is 23.3 Å². The second-order valence-corrected chi connectivity index (χ2v) is 6.83. The lowest BCUT2D eigenvalue weighted by Crippen LogP contribution is -2.36. The van der Waals surface area contributed by atoms with Gasteiger partial charge in [0, 0.05) is 17.5 Å². The van der Waals surface area contributed by atoms with Crippen LogP contribution in [0.3, 0.4) is 0 Å². The summed E-state index contributed by atoms with van der Waals surface area (Å²) in [4.78, 5) is 35.1. The normalized spacial score (nSPS) is 11.2. The van der Waals surface area contributed by atoms with Crippen molar-refractivity contribution >= 4 is 23.0 Å². The molecule has 0 aliphatic rings. The number of nitrogens with one attached hydrogen (secondary N) is 1. The molecule has 0 spiro atoms. The van der Waals surface area contributed by atoms with Crippen LogP contribution in [0.5, 0.6) is 5.75 Å². The molecule has 0 atom stereocenters. The molecule has 0 bridgehead atoms. The Kier molecular flexibility index (Phi) is 6.02. The number of hydrogen-bond acceptors (Lipinski definition) is 6. The number of alkyl carbamates (subject to hydrolysis) is 1. The largest absolute Gasteiger partial charge is 0.444 e. The molecule has 0 unspecified atom stereocenters. The number of hydrogen-bond donors (Lipinski definition) is 1. The van der Waals surface area contributed by atoms with Crippen molar-refractivity contribution in [3.8, 4) is 5.75 Å². The van der Waals surface area contributed by atoms with Gasteiger partial charge in [-0.3, -0.25) is 0 Å². The predicted molar refractivity (Wildman–Crippen MR) is 96.4 cm³/mol. The minimum atomic E-state index is -0.705. The first-order valence-electron chi connectivity index (χ1n) is 8.42. The molecule has 1 aromatic carbocycles. The van der Waals surface area contributed by atoms with Crippen LogP contribution >= 0.6 is 0 Å². The van der Waals surface area contributed by atoms with Crippen molar-refractivity contribution < 1.29 is 23.5 Å². The second-order valence-electron chi connectivity index (χ2n) is 6.83. The third kappa shape index (κ3) is 5.61. The Morgan fingerprint density at radius 2 is 1.92 bits per heavy atom. The molecule has 26 heavy (non-hydrogen) atoms. The van der Waals surface area contributed by atoms with Gasteiger partial charge in [0.1, 0.15) is 23.5 Å². The van der Waals surface area contributed by atoms with Crippen molar-refractivity contribution in [1.29, 1.82) is 0 Å². The molecule has 1 N–H and O–H groups in total. The molecule has 0 saturated carbocycles. The summed E-state index contributed by atoms with van der Waals surface area (Å²) in [5.74, 6) is -0.437. The smallest absolute Gasteiger partial charge is 0.408 e. The Morgan fingerprint density at radius 1 is 1.19 bits per heavy atom. The van der Waals surface area contributed by atoms with E-state index in [4.69, 9.17) is 13.9 Å². The Labute approximate surface area is 151 Å². The lowest BCUT2D eigenvalue weighted by atomic mass is 10.1. The predicted octanol–water partition coefficient (Wildman–Crippen LogP) is 3.18. The van der Waals surface area contributed by atoms with Gasteiger partial charge in [0.25, 0.3) is 0 Å². The average molecular weight is 361 g/mol. The fourth-order valence-electron chi connectivity index (χ4n) is 2.38. The van der Waals surface area contributed by atoms with Gasteiger partial charge in [0.05, 0.1) is 0 Å². The highest BCUT2D eigenvalue weighted by Gasteiger charge is 2.17. The first kappa shape index (κ1) is 19.5. The first-order chi connectivity index (χ1) is 12.2. The topological polar surface area (TPSA) is 94.8 Å². The van der Waals surface area contributed by atoms with Crippen LogP contribution in [0.1, 0.15) is 39.7 Å². The van der Waals surface area contributed by atoms with Gasteiger partial charge in [0.15, 0.2) is 0 Å². The van der Waals surface area contributed by atoms with Crippen LogP contribution in [-0.4, -0.2) is 24.2 Å². The highest BCUT2D eigenvalue weighted by Crippen LogP contribution is 2.23. The van der Waals surface area contributed by atoms with Gasteiger partial charge in [-0.15, -0.1) is 0 Å². The number of aryl methyl sites for hydroxylation is 1. The molecule has 0 aliphatic carbocycles. The van der Waals surface area contributed by atoms with E-state index >= 15 is 0 Å². The van der Waals surface area contributed by atoms with Crippen LogP contribution in [0.15, 0.2) is 33.5 Å². The zero-order valence-corrected chi connectivity index (χ0v) is 15.4. The highest BCUT2D eigenvalue weighted by molar-refractivity contribution is 5.84. The lowest BCUT2D eigenvalue weighted by molar-refractivity contribution is -0.133. The average Bonchev–Trinajstić information content (AvgIpc) is 2.51. The monoisotopic (exact) mass is 361 g/mol. The number of fused-ring (bicyclic) bond motifs is 1. The maximum atomic E-state index is 11.9. The number of carbonyl (C=O) groups excluding carboxylic acids is 2. The van der Waals surface area contributed by atoms with E-state index in [1.54, 1.807) is 32.9 Å². The van der Waals surface area contributed by atoms with E-state index in [2.05, 4.69) is 5.32 Å². The van der Waals surface area contributed by atoms with Crippen LogP contribution in [0.25, 0.3) is 11.0 Å². The second kappa shape index (κ2) is 8.03. The molecular formula is C19H23NO6. The van der Waals surface area contributed by atoms with Crippen LogP contribution in [0, 0.1) is 0 Å². The zero-order chi connectivity index (χ0) is 19.3. The lowest BCUT2D eigenvalue weighted by Gasteiger charge is -2.19. The zero-order valence-electron chi connectivity index (χ0n) is 15.4. The molecule has 2 rings (SSSR count). The van der Waals surface area contributed by atoms with Crippen LogP contribution < -0.4 is 15.7 Å². The van der Waals surface area contributed by atoms with Gasteiger partial charge in [-0.05, 0) is 44.9 Å². The molecule has 140 valence electrons. The standard InChI is InChI=1S/C19H23NO6/c1-5-6-12-9-16(21)25-15-10-13(7-8-14(12)15)24-17(22)11-20-18(23)26-19(2,3)4/h7-10H,5-6,11H2,1-4H3,(H,20,23). The van der Waals surface area contributed by atoms with Crippen molar-refractivity contribution in [3.05, 3.63) is 40.2 Å². The third-order valence-electron chi connectivity index (χ3n) is 3.33. The summed E-state index contributed by atoms with van der Waals surface area (Å²) < 4.78 is 15.4. The van der Waals surface area contributed by atoms with Crippen LogP contribution in [0.4, 0.5) is 4.79 Å². The molecule has 7 nitrogen and oxygen atoms in total. The highest BCUT2D eigenvalue weighted by atomic mass is 16.6. The minimum Gasteiger partial charge on any atom is -0.444 e. The van der Waals surface area contributed by atoms with E-state index in [0.717, 1.165) is 23.8 Å². The molecule has 0 fully saturated rings. The van der Waals surface area contributed by atoms with Gasteiger partial charge in [-0.2, -0.15) is 0 Å². The van der Waals surface area contributed by atoms with Gasteiger partial charge in [0.2, 0.25) is 0 Å². The molecule has 2 aromatic rings. The Balaban J connectivity index is 2.05. The number of amides is 1. The maximum absolute atomic E-state index is 11.9. The summed E-state index contributed by atoms with van der Waals surface area (Å²) in [6.45, 7) is 6.85. The number of ether oxygens (including phenoxy) is 2. The molecule has 1 amide bonds.